The van der Waals surface area contributed by atoms with Crippen LogP contribution in [-0.2, 0) is 18.3 Å². The van der Waals surface area contributed by atoms with Gasteiger partial charge in [0.2, 0.25) is 0 Å². The second kappa shape index (κ2) is 8.43. The lowest BCUT2D eigenvalue weighted by molar-refractivity contribution is 0.146. The zero-order valence-corrected chi connectivity index (χ0v) is 18.0. The standard InChI is InChI=1S/C22H20FN7O3/c1-28-11-15(9-25-28)14-7-18(23)21-27-26-20(30(21)12-14)13-29-4-3-19-17(22(29)31)8-16(10-24-19)33-6-5-32-2/h3-4,7-12H,5-6,13H2,1-2H3. The van der Waals surface area contributed by atoms with Crippen molar-refractivity contribution in [3.05, 3.63) is 71.2 Å². The van der Waals surface area contributed by atoms with E-state index >= 15 is 0 Å². The van der Waals surface area contributed by atoms with Gasteiger partial charge in [-0.05, 0) is 18.2 Å². The predicted octanol–water partition coefficient (Wildman–Crippen LogP) is 2.05. The second-order valence-corrected chi connectivity index (χ2v) is 7.48. The summed E-state index contributed by atoms with van der Waals surface area (Å²) in [7, 11) is 3.37. The van der Waals surface area contributed by atoms with E-state index in [1.807, 2.05) is 0 Å². The molecule has 5 aromatic rings. The molecule has 0 spiro atoms. The zero-order chi connectivity index (χ0) is 22.9. The van der Waals surface area contributed by atoms with Gasteiger partial charge in [0.05, 0.1) is 36.4 Å². The zero-order valence-electron chi connectivity index (χ0n) is 18.0. The van der Waals surface area contributed by atoms with Gasteiger partial charge < -0.3 is 14.0 Å². The Balaban J connectivity index is 1.52. The summed E-state index contributed by atoms with van der Waals surface area (Å²) in [5.41, 5.74) is 1.75. The molecular formula is C22H20FN7O3. The van der Waals surface area contributed by atoms with Gasteiger partial charge in [0.25, 0.3) is 5.56 Å². The van der Waals surface area contributed by atoms with Crippen molar-refractivity contribution in [2.24, 2.45) is 7.05 Å². The Bertz CT molecular complexity index is 1520. The van der Waals surface area contributed by atoms with Crippen LogP contribution < -0.4 is 10.3 Å². The van der Waals surface area contributed by atoms with Crippen LogP contribution in [0.4, 0.5) is 4.39 Å². The fraction of sp³-hybridized carbons (Fsp3) is 0.227. The van der Waals surface area contributed by atoms with Crippen molar-refractivity contribution in [1.82, 2.24) is 33.9 Å². The Labute approximate surface area is 186 Å². The van der Waals surface area contributed by atoms with E-state index in [4.69, 9.17) is 9.47 Å². The number of halogens is 1. The minimum absolute atomic E-state index is 0.0852. The van der Waals surface area contributed by atoms with Crippen LogP contribution in [0.15, 0.2) is 54.0 Å². The third-order valence-corrected chi connectivity index (χ3v) is 5.23. The van der Waals surface area contributed by atoms with Gasteiger partial charge in [-0.25, -0.2) is 4.39 Å². The number of nitrogens with zero attached hydrogens (tertiary/aromatic N) is 7. The van der Waals surface area contributed by atoms with Crippen molar-refractivity contribution in [2.75, 3.05) is 20.3 Å². The summed E-state index contributed by atoms with van der Waals surface area (Å²) in [6, 6.07) is 4.78. The Hall–Kier alpha value is -4.12. The maximum atomic E-state index is 14.7. The quantitative estimate of drug-likeness (QED) is 0.351. The normalized spacial score (nSPS) is 11.5. The highest BCUT2D eigenvalue weighted by Crippen LogP contribution is 2.22. The van der Waals surface area contributed by atoms with Gasteiger partial charge in [0.15, 0.2) is 17.3 Å². The average Bonchev–Trinajstić information content (AvgIpc) is 3.43. The van der Waals surface area contributed by atoms with E-state index in [1.165, 1.54) is 10.6 Å². The first-order valence-corrected chi connectivity index (χ1v) is 10.2. The predicted molar refractivity (Wildman–Crippen MR) is 118 cm³/mol. The molecule has 5 heterocycles. The van der Waals surface area contributed by atoms with E-state index in [2.05, 4.69) is 20.3 Å². The maximum absolute atomic E-state index is 14.7. The monoisotopic (exact) mass is 449 g/mol. The highest BCUT2D eigenvalue weighted by Gasteiger charge is 2.15. The van der Waals surface area contributed by atoms with Crippen molar-refractivity contribution in [3.8, 4) is 16.9 Å². The number of aromatic nitrogens is 7. The van der Waals surface area contributed by atoms with Gasteiger partial charge in [-0.15, -0.1) is 10.2 Å². The van der Waals surface area contributed by atoms with E-state index in [9.17, 15) is 9.18 Å². The molecule has 0 fully saturated rings. The summed E-state index contributed by atoms with van der Waals surface area (Å²) in [5.74, 6) is 0.380. The minimum atomic E-state index is -0.511. The summed E-state index contributed by atoms with van der Waals surface area (Å²) in [6.45, 7) is 0.872. The number of fused-ring (bicyclic) bond motifs is 2. The van der Waals surface area contributed by atoms with Crippen LogP contribution in [0.5, 0.6) is 5.75 Å². The largest absolute Gasteiger partial charge is 0.490 e. The van der Waals surface area contributed by atoms with Gasteiger partial charge >= 0.3 is 0 Å². The van der Waals surface area contributed by atoms with Crippen LogP contribution in [0.2, 0.25) is 0 Å². The van der Waals surface area contributed by atoms with E-state index in [0.29, 0.717) is 41.3 Å². The topological polar surface area (TPSA) is 101 Å². The molecule has 10 nitrogen and oxygen atoms in total. The number of pyridine rings is 3. The maximum Gasteiger partial charge on any atom is 0.260 e. The smallest absolute Gasteiger partial charge is 0.260 e. The van der Waals surface area contributed by atoms with Crippen molar-refractivity contribution in [2.45, 2.75) is 6.54 Å². The number of hydrogen-bond donors (Lipinski definition) is 0. The summed E-state index contributed by atoms with van der Waals surface area (Å²) < 4.78 is 29.9. The molecule has 0 unspecified atom stereocenters. The van der Waals surface area contributed by atoms with Crippen molar-refractivity contribution >= 4 is 16.6 Å². The molecule has 0 aromatic carbocycles. The van der Waals surface area contributed by atoms with Crippen LogP contribution in [0.25, 0.3) is 27.7 Å². The molecule has 0 bridgehead atoms. The van der Waals surface area contributed by atoms with Gasteiger partial charge in [-0.1, -0.05) is 0 Å². The molecule has 0 aliphatic carbocycles. The second-order valence-electron chi connectivity index (χ2n) is 7.48. The molecule has 33 heavy (non-hydrogen) atoms. The third-order valence-electron chi connectivity index (χ3n) is 5.23. The van der Waals surface area contributed by atoms with Crippen molar-refractivity contribution in [1.29, 1.82) is 0 Å². The third kappa shape index (κ3) is 3.94. The first kappa shape index (κ1) is 20.8. The molecule has 5 aromatic heterocycles. The fourth-order valence-electron chi connectivity index (χ4n) is 3.58. The Morgan fingerprint density at radius 3 is 2.76 bits per heavy atom. The van der Waals surface area contributed by atoms with Crippen LogP contribution in [-0.4, -0.2) is 54.3 Å². The lowest BCUT2D eigenvalue weighted by Crippen LogP contribution is -2.21. The molecule has 0 saturated heterocycles. The van der Waals surface area contributed by atoms with E-state index in [1.54, 1.807) is 66.4 Å². The molecule has 0 aliphatic heterocycles. The lowest BCUT2D eigenvalue weighted by Gasteiger charge is -2.09. The molecule has 0 N–H and O–H groups in total. The molecule has 0 saturated carbocycles. The Kier molecular flexibility index (Phi) is 5.31. The van der Waals surface area contributed by atoms with Gasteiger partial charge in [-0.2, -0.15) is 5.10 Å². The number of methoxy groups -OCH3 is 1. The SMILES string of the molecule is COCCOc1cnc2ccn(Cc3nnc4c(F)cc(-c5cnn(C)c5)cn34)c(=O)c2c1. The molecule has 168 valence electrons. The number of ether oxygens (including phenoxy) is 2. The minimum Gasteiger partial charge on any atom is -0.490 e. The molecule has 11 heteroatoms. The molecule has 0 atom stereocenters. The highest BCUT2D eigenvalue weighted by atomic mass is 19.1. The molecule has 5 rings (SSSR count). The fourth-order valence-corrected chi connectivity index (χ4v) is 3.58. The molecule has 0 aliphatic rings. The molecular weight excluding hydrogens is 429 g/mol. The van der Waals surface area contributed by atoms with Crippen molar-refractivity contribution < 1.29 is 13.9 Å². The number of aryl methyl sites for hydroxylation is 1. The van der Waals surface area contributed by atoms with Gasteiger partial charge in [0.1, 0.15) is 12.4 Å². The van der Waals surface area contributed by atoms with Crippen LogP contribution in [0, 0.1) is 5.82 Å². The summed E-state index contributed by atoms with van der Waals surface area (Å²) in [5, 5.41) is 12.6. The van der Waals surface area contributed by atoms with Crippen LogP contribution in [0.3, 0.4) is 0 Å². The van der Waals surface area contributed by atoms with Crippen LogP contribution in [0.1, 0.15) is 5.82 Å². The van der Waals surface area contributed by atoms with E-state index < -0.39 is 5.82 Å². The first-order valence-electron chi connectivity index (χ1n) is 10.2. The molecule has 0 amide bonds. The summed E-state index contributed by atoms with van der Waals surface area (Å²) in [6.07, 6.45) is 8.37. The number of hydrogen-bond acceptors (Lipinski definition) is 7. The van der Waals surface area contributed by atoms with Crippen molar-refractivity contribution in [3.63, 3.8) is 0 Å². The summed E-state index contributed by atoms with van der Waals surface area (Å²) in [4.78, 5) is 17.4. The lowest BCUT2D eigenvalue weighted by atomic mass is 10.1. The van der Waals surface area contributed by atoms with Gasteiger partial charge in [-0.3, -0.25) is 18.9 Å². The van der Waals surface area contributed by atoms with Gasteiger partial charge in [0, 0.05) is 43.9 Å². The van der Waals surface area contributed by atoms with Crippen LogP contribution >= 0.6 is 0 Å². The number of rotatable bonds is 7. The summed E-state index contributed by atoms with van der Waals surface area (Å²) >= 11 is 0. The Morgan fingerprint density at radius 2 is 1.97 bits per heavy atom. The van der Waals surface area contributed by atoms with E-state index in [0.717, 1.165) is 5.56 Å². The highest BCUT2D eigenvalue weighted by molar-refractivity contribution is 5.78. The Morgan fingerprint density at radius 1 is 1.09 bits per heavy atom. The van der Waals surface area contributed by atoms with E-state index in [-0.39, 0.29) is 17.8 Å². The molecule has 0 radical (unpaired) electrons. The average molecular weight is 449 g/mol. The first-order chi connectivity index (χ1) is 16.0.